The van der Waals surface area contributed by atoms with Crippen molar-refractivity contribution in [3.05, 3.63) is 0 Å². The minimum absolute atomic E-state index is 0.271. The molecule has 0 aromatic carbocycles. The number of rotatable bonds is 9. The molecule has 0 spiro atoms. The maximum atomic E-state index is 3.77. The van der Waals surface area contributed by atoms with Crippen LogP contribution in [0.2, 0.25) is 0 Å². The van der Waals surface area contributed by atoms with Gasteiger partial charge in [0.25, 0.3) is 0 Å². The minimum atomic E-state index is 0.271. The van der Waals surface area contributed by atoms with Gasteiger partial charge in [-0.15, -0.1) is 0 Å². The van der Waals surface area contributed by atoms with E-state index in [-0.39, 0.29) is 5.54 Å². The molecule has 1 fully saturated rings. The van der Waals surface area contributed by atoms with Gasteiger partial charge in [-0.3, -0.25) is 0 Å². The van der Waals surface area contributed by atoms with Gasteiger partial charge in [-0.1, -0.05) is 65.2 Å². The number of hydrogen-bond acceptors (Lipinski definition) is 1. The van der Waals surface area contributed by atoms with Crippen molar-refractivity contribution in [2.24, 2.45) is 17.8 Å². The molecule has 0 aliphatic heterocycles. The fourth-order valence-electron chi connectivity index (χ4n) is 3.99. The van der Waals surface area contributed by atoms with E-state index in [4.69, 9.17) is 0 Å². The Morgan fingerprint density at radius 2 is 1.62 bits per heavy atom. The zero-order valence-electron chi connectivity index (χ0n) is 15.5. The Kier molecular flexibility index (Phi) is 8.94. The van der Waals surface area contributed by atoms with Crippen molar-refractivity contribution in [2.75, 3.05) is 6.54 Å². The SMILES string of the molecule is CCCCCCC1CC(CCC)CCC1CNC(C)(C)C. The monoisotopic (exact) mass is 295 g/mol. The fraction of sp³-hybridized carbons (Fsp3) is 1.00. The lowest BCUT2D eigenvalue weighted by Gasteiger charge is -2.38. The summed E-state index contributed by atoms with van der Waals surface area (Å²) in [5.74, 6) is 2.94. The van der Waals surface area contributed by atoms with E-state index in [1.165, 1.54) is 70.8 Å². The van der Waals surface area contributed by atoms with E-state index in [2.05, 4.69) is 39.9 Å². The van der Waals surface area contributed by atoms with Crippen LogP contribution < -0.4 is 5.32 Å². The van der Waals surface area contributed by atoms with Crippen molar-refractivity contribution in [3.8, 4) is 0 Å². The maximum Gasteiger partial charge on any atom is 0.00966 e. The van der Waals surface area contributed by atoms with E-state index in [0.29, 0.717) is 0 Å². The molecular weight excluding hydrogens is 254 g/mol. The maximum absolute atomic E-state index is 3.77. The highest BCUT2D eigenvalue weighted by Gasteiger charge is 2.30. The second kappa shape index (κ2) is 9.87. The Labute approximate surface area is 134 Å². The van der Waals surface area contributed by atoms with Crippen molar-refractivity contribution < 1.29 is 0 Å². The van der Waals surface area contributed by atoms with Crippen molar-refractivity contribution >= 4 is 0 Å². The third kappa shape index (κ3) is 8.24. The molecule has 3 unspecified atom stereocenters. The van der Waals surface area contributed by atoms with Crippen LogP contribution in [0.25, 0.3) is 0 Å². The lowest BCUT2D eigenvalue weighted by molar-refractivity contribution is 0.149. The Bertz CT molecular complexity index is 253. The minimum Gasteiger partial charge on any atom is -0.312 e. The molecule has 0 aromatic heterocycles. The first-order valence-corrected chi connectivity index (χ1v) is 9.71. The quantitative estimate of drug-likeness (QED) is 0.501. The first-order valence-electron chi connectivity index (χ1n) is 9.71. The lowest BCUT2D eigenvalue weighted by Crippen LogP contribution is -2.42. The smallest absolute Gasteiger partial charge is 0.00966 e. The largest absolute Gasteiger partial charge is 0.312 e. The molecular formula is C20H41N. The second-order valence-electron chi connectivity index (χ2n) is 8.47. The summed E-state index contributed by atoms with van der Waals surface area (Å²) < 4.78 is 0. The van der Waals surface area contributed by atoms with E-state index < -0.39 is 0 Å². The summed E-state index contributed by atoms with van der Waals surface area (Å²) >= 11 is 0. The van der Waals surface area contributed by atoms with E-state index >= 15 is 0 Å². The van der Waals surface area contributed by atoms with Gasteiger partial charge in [-0.05, 0) is 57.9 Å². The molecule has 0 radical (unpaired) electrons. The number of hydrogen-bond donors (Lipinski definition) is 1. The van der Waals surface area contributed by atoms with Crippen LogP contribution in [0.3, 0.4) is 0 Å². The summed E-state index contributed by atoms with van der Waals surface area (Å²) in [4.78, 5) is 0. The van der Waals surface area contributed by atoms with Crippen molar-refractivity contribution in [2.45, 2.75) is 104 Å². The molecule has 3 atom stereocenters. The van der Waals surface area contributed by atoms with Crippen molar-refractivity contribution in [3.63, 3.8) is 0 Å². The van der Waals surface area contributed by atoms with E-state index in [1.54, 1.807) is 0 Å². The molecule has 1 heteroatoms. The van der Waals surface area contributed by atoms with Crippen LogP contribution in [0.1, 0.15) is 98.8 Å². The highest BCUT2D eigenvalue weighted by molar-refractivity contribution is 4.83. The van der Waals surface area contributed by atoms with E-state index in [1.807, 2.05) is 0 Å². The zero-order chi connectivity index (χ0) is 15.7. The van der Waals surface area contributed by atoms with Crippen molar-refractivity contribution in [1.29, 1.82) is 0 Å². The predicted octanol–water partition coefficient (Wildman–Crippen LogP) is 6.18. The van der Waals surface area contributed by atoms with Crippen LogP contribution in [0, 0.1) is 17.8 Å². The molecule has 0 heterocycles. The van der Waals surface area contributed by atoms with Crippen LogP contribution in [0.5, 0.6) is 0 Å². The number of nitrogens with one attached hydrogen (secondary N) is 1. The summed E-state index contributed by atoms with van der Waals surface area (Å²) in [6, 6.07) is 0. The average Bonchev–Trinajstić information content (AvgIpc) is 2.42. The summed E-state index contributed by atoms with van der Waals surface area (Å²) in [6.45, 7) is 12.8. The third-order valence-corrected chi connectivity index (χ3v) is 5.27. The molecule has 126 valence electrons. The Balaban J connectivity index is 2.44. The first kappa shape index (κ1) is 19.0. The topological polar surface area (TPSA) is 12.0 Å². The van der Waals surface area contributed by atoms with Crippen molar-refractivity contribution in [1.82, 2.24) is 5.32 Å². The van der Waals surface area contributed by atoms with Crippen LogP contribution in [-0.4, -0.2) is 12.1 Å². The predicted molar refractivity (Wildman–Crippen MR) is 95.7 cm³/mol. The third-order valence-electron chi connectivity index (χ3n) is 5.27. The molecule has 0 saturated heterocycles. The molecule has 1 aliphatic rings. The van der Waals surface area contributed by atoms with E-state index in [9.17, 15) is 0 Å². The number of unbranched alkanes of at least 4 members (excludes halogenated alkanes) is 3. The molecule has 1 rings (SSSR count). The standard InChI is InChI=1S/C20H41N/c1-6-8-9-10-12-18-15-17(11-7-2)13-14-19(18)16-21-20(3,4)5/h17-19,21H,6-16H2,1-5H3. The van der Waals surface area contributed by atoms with Gasteiger partial charge in [0.2, 0.25) is 0 Å². The Morgan fingerprint density at radius 1 is 0.857 bits per heavy atom. The van der Waals surface area contributed by atoms with Gasteiger partial charge in [0, 0.05) is 5.54 Å². The molecule has 0 amide bonds. The van der Waals surface area contributed by atoms with Gasteiger partial charge in [-0.2, -0.15) is 0 Å². The first-order chi connectivity index (χ1) is 9.96. The van der Waals surface area contributed by atoms with Gasteiger partial charge < -0.3 is 5.32 Å². The highest BCUT2D eigenvalue weighted by atomic mass is 14.9. The Morgan fingerprint density at radius 3 is 2.24 bits per heavy atom. The van der Waals surface area contributed by atoms with Crippen LogP contribution >= 0.6 is 0 Å². The van der Waals surface area contributed by atoms with Gasteiger partial charge >= 0.3 is 0 Å². The average molecular weight is 296 g/mol. The zero-order valence-corrected chi connectivity index (χ0v) is 15.5. The lowest BCUT2D eigenvalue weighted by atomic mass is 9.70. The molecule has 0 bridgehead atoms. The van der Waals surface area contributed by atoms with Gasteiger partial charge in [-0.25, -0.2) is 0 Å². The summed E-state index contributed by atoms with van der Waals surface area (Å²) in [5, 5.41) is 3.77. The molecule has 1 nitrogen and oxygen atoms in total. The summed E-state index contributed by atoms with van der Waals surface area (Å²) in [6.07, 6.45) is 14.5. The molecule has 0 aromatic rings. The van der Waals surface area contributed by atoms with E-state index in [0.717, 1.165) is 17.8 Å². The molecule has 1 saturated carbocycles. The fourth-order valence-corrected chi connectivity index (χ4v) is 3.99. The molecule has 1 N–H and O–H groups in total. The van der Waals surface area contributed by atoms with Gasteiger partial charge in [0.1, 0.15) is 0 Å². The second-order valence-corrected chi connectivity index (χ2v) is 8.47. The van der Waals surface area contributed by atoms with Crippen LogP contribution in [0.15, 0.2) is 0 Å². The Hall–Kier alpha value is -0.0400. The van der Waals surface area contributed by atoms with Gasteiger partial charge in [0.05, 0.1) is 0 Å². The van der Waals surface area contributed by atoms with Crippen LogP contribution in [-0.2, 0) is 0 Å². The molecule has 21 heavy (non-hydrogen) atoms. The highest BCUT2D eigenvalue weighted by Crippen LogP contribution is 2.38. The summed E-state index contributed by atoms with van der Waals surface area (Å²) in [7, 11) is 0. The molecule has 1 aliphatic carbocycles. The summed E-state index contributed by atoms with van der Waals surface area (Å²) in [5.41, 5.74) is 0.271. The normalized spacial score (nSPS) is 27.0. The van der Waals surface area contributed by atoms with Crippen LogP contribution in [0.4, 0.5) is 0 Å². The van der Waals surface area contributed by atoms with Gasteiger partial charge in [0.15, 0.2) is 0 Å².